The molecule has 29 heavy (non-hydrogen) atoms. The van der Waals surface area contributed by atoms with Crippen LogP contribution in [0.1, 0.15) is 18.2 Å². The van der Waals surface area contributed by atoms with Crippen LogP contribution in [0.3, 0.4) is 0 Å². The van der Waals surface area contributed by atoms with Crippen LogP contribution in [0.5, 0.6) is 0 Å². The number of para-hydroxylation sites is 1. The van der Waals surface area contributed by atoms with Crippen molar-refractivity contribution in [2.24, 2.45) is 7.05 Å². The SMILES string of the molecule is CCc1ccccc1-n1c(C)cn2c3c(=O)n(CC(=O)OC)c(=O)n(C)c3nc12. The van der Waals surface area contributed by atoms with Crippen molar-refractivity contribution in [3.05, 3.63) is 62.6 Å². The number of fused-ring (bicyclic) bond motifs is 3. The predicted molar refractivity (Wildman–Crippen MR) is 108 cm³/mol. The van der Waals surface area contributed by atoms with E-state index in [0.29, 0.717) is 5.78 Å². The third-order valence-corrected chi connectivity index (χ3v) is 5.15. The van der Waals surface area contributed by atoms with Crippen LogP contribution in [0.25, 0.3) is 22.6 Å². The molecule has 0 radical (unpaired) electrons. The summed E-state index contributed by atoms with van der Waals surface area (Å²) in [6, 6.07) is 7.98. The number of nitrogens with zero attached hydrogens (tertiary/aromatic N) is 5. The third kappa shape index (κ3) is 2.69. The second-order valence-electron chi connectivity index (χ2n) is 6.85. The molecule has 1 aromatic carbocycles. The molecule has 0 unspecified atom stereocenters. The van der Waals surface area contributed by atoms with Crippen molar-refractivity contribution in [1.29, 1.82) is 0 Å². The van der Waals surface area contributed by atoms with Crippen molar-refractivity contribution in [3.63, 3.8) is 0 Å². The van der Waals surface area contributed by atoms with Crippen molar-refractivity contribution in [2.45, 2.75) is 26.8 Å². The summed E-state index contributed by atoms with van der Waals surface area (Å²) in [6.07, 6.45) is 2.65. The van der Waals surface area contributed by atoms with E-state index in [4.69, 9.17) is 0 Å². The lowest BCUT2D eigenvalue weighted by molar-refractivity contribution is -0.141. The highest BCUT2D eigenvalue weighted by Gasteiger charge is 2.22. The zero-order valence-corrected chi connectivity index (χ0v) is 16.7. The van der Waals surface area contributed by atoms with Gasteiger partial charge in [0, 0.05) is 18.9 Å². The Kier molecular flexibility index (Phi) is 4.37. The molecule has 0 amide bonds. The number of aryl methyl sites for hydroxylation is 3. The molecule has 9 nitrogen and oxygen atoms in total. The van der Waals surface area contributed by atoms with Gasteiger partial charge in [0.15, 0.2) is 11.2 Å². The van der Waals surface area contributed by atoms with Gasteiger partial charge in [-0.05, 0) is 25.0 Å². The smallest absolute Gasteiger partial charge is 0.333 e. The van der Waals surface area contributed by atoms with Gasteiger partial charge in [-0.2, -0.15) is 4.98 Å². The number of aromatic nitrogens is 5. The van der Waals surface area contributed by atoms with Crippen molar-refractivity contribution in [3.8, 4) is 5.69 Å². The van der Waals surface area contributed by atoms with Crippen LogP contribution in [-0.2, 0) is 29.5 Å². The fourth-order valence-electron chi connectivity index (χ4n) is 3.67. The maximum atomic E-state index is 13.1. The highest BCUT2D eigenvalue weighted by molar-refractivity contribution is 5.77. The molecular formula is C20H21N5O4. The molecule has 4 aromatic rings. The molecule has 0 saturated heterocycles. The number of imidazole rings is 2. The molecular weight excluding hydrogens is 374 g/mol. The molecule has 0 aliphatic rings. The molecule has 0 N–H and O–H groups in total. The minimum absolute atomic E-state index is 0.238. The molecule has 150 valence electrons. The predicted octanol–water partition coefficient (Wildman–Crippen LogP) is 1.18. The van der Waals surface area contributed by atoms with Crippen molar-refractivity contribution < 1.29 is 9.53 Å². The molecule has 0 saturated carbocycles. The average molecular weight is 395 g/mol. The Labute approximate surface area is 165 Å². The van der Waals surface area contributed by atoms with Gasteiger partial charge < -0.3 is 4.74 Å². The number of ether oxygens (including phenoxy) is 1. The topological polar surface area (TPSA) is 92.5 Å². The fraction of sp³-hybridized carbons (Fsp3) is 0.300. The Balaban J connectivity index is 2.10. The van der Waals surface area contributed by atoms with Gasteiger partial charge >= 0.3 is 11.7 Å². The summed E-state index contributed by atoms with van der Waals surface area (Å²) >= 11 is 0. The highest BCUT2D eigenvalue weighted by Crippen LogP contribution is 2.23. The maximum Gasteiger partial charge on any atom is 0.333 e. The molecule has 4 rings (SSSR count). The van der Waals surface area contributed by atoms with Crippen LogP contribution in [0.2, 0.25) is 0 Å². The summed E-state index contributed by atoms with van der Waals surface area (Å²) in [5.41, 5.74) is 2.30. The lowest BCUT2D eigenvalue weighted by atomic mass is 10.1. The van der Waals surface area contributed by atoms with E-state index in [1.807, 2.05) is 42.0 Å². The molecule has 0 spiro atoms. The first-order valence-electron chi connectivity index (χ1n) is 9.24. The van der Waals surface area contributed by atoms with Gasteiger partial charge in [-0.15, -0.1) is 0 Å². The number of hydrogen-bond donors (Lipinski definition) is 0. The van der Waals surface area contributed by atoms with Gasteiger partial charge in [0.2, 0.25) is 5.78 Å². The molecule has 3 aromatic heterocycles. The van der Waals surface area contributed by atoms with Gasteiger partial charge in [0.25, 0.3) is 5.56 Å². The average Bonchev–Trinajstić information content (AvgIpc) is 3.23. The Morgan fingerprint density at radius 2 is 1.93 bits per heavy atom. The number of carbonyl (C=O) groups is 1. The van der Waals surface area contributed by atoms with Crippen LogP contribution < -0.4 is 11.2 Å². The van der Waals surface area contributed by atoms with Crippen LogP contribution in [0, 0.1) is 6.92 Å². The Bertz CT molecular complexity index is 1390. The largest absolute Gasteiger partial charge is 0.468 e. The first kappa shape index (κ1) is 18.7. The van der Waals surface area contributed by atoms with Crippen LogP contribution in [0.4, 0.5) is 0 Å². The number of esters is 1. The Morgan fingerprint density at radius 3 is 2.62 bits per heavy atom. The number of rotatable bonds is 4. The zero-order chi connectivity index (χ0) is 20.9. The highest BCUT2D eigenvalue weighted by atomic mass is 16.5. The minimum atomic E-state index is -0.671. The van der Waals surface area contributed by atoms with Crippen LogP contribution >= 0.6 is 0 Å². The van der Waals surface area contributed by atoms with E-state index in [1.54, 1.807) is 4.40 Å². The van der Waals surface area contributed by atoms with E-state index in [2.05, 4.69) is 16.6 Å². The van der Waals surface area contributed by atoms with E-state index in [0.717, 1.165) is 27.9 Å². The van der Waals surface area contributed by atoms with Crippen LogP contribution in [-0.4, -0.2) is 36.2 Å². The third-order valence-electron chi connectivity index (χ3n) is 5.15. The van der Waals surface area contributed by atoms with Gasteiger partial charge in [-0.1, -0.05) is 25.1 Å². The number of benzene rings is 1. The maximum absolute atomic E-state index is 13.1. The monoisotopic (exact) mass is 395 g/mol. The van der Waals surface area contributed by atoms with Crippen molar-refractivity contribution in [2.75, 3.05) is 7.11 Å². The first-order chi connectivity index (χ1) is 13.9. The van der Waals surface area contributed by atoms with Gasteiger partial charge in [-0.3, -0.25) is 23.1 Å². The van der Waals surface area contributed by atoms with E-state index in [9.17, 15) is 14.4 Å². The molecule has 3 heterocycles. The van der Waals surface area contributed by atoms with Crippen molar-refractivity contribution in [1.82, 2.24) is 23.1 Å². The molecule has 0 fully saturated rings. The fourth-order valence-corrected chi connectivity index (χ4v) is 3.67. The molecule has 0 atom stereocenters. The van der Waals surface area contributed by atoms with Crippen LogP contribution in [0.15, 0.2) is 40.1 Å². The summed E-state index contributed by atoms with van der Waals surface area (Å²) in [6.45, 7) is 3.55. The Morgan fingerprint density at radius 1 is 1.21 bits per heavy atom. The summed E-state index contributed by atoms with van der Waals surface area (Å²) in [5, 5.41) is 0. The summed E-state index contributed by atoms with van der Waals surface area (Å²) in [4.78, 5) is 42.0. The summed E-state index contributed by atoms with van der Waals surface area (Å²) in [7, 11) is 2.74. The Hall–Kier alpha value is -3.62. The normalized spacial score (nSPS) is 11.4. The van der Waals surface area contributed by atoms with Gasteiger partial charge in [0.05, 0.1) is 12.8 Å². The zero-order valence-electron chi connectivity index (χ0n) is 16.7. The van der Waals surface area contributed by atoms with Crippen molar-refractivity contribution >= 4 is 22.9 Å². The summed E-state index contributed by atoms with van der Waals surface area (Å²) < 4.78 is 10.4. The lowest BCUT2D eigenvalue weighted by Gasteiger charge is -2.10. The van der Waals surface area contributed by atoms with E-state index < -0.39 is 23.8 Å². The van der Waals surface area contributed by atoms with E-state index >= 15 is 0 Å². The standard InChI is InChI=1S/C20H21N5O4/c1-5-13-8-6-7-9-14(13)25-12(2)10-23-16-17(21-19(23)25)22(3)20(28)24(18(16)27)11-15(26)29-4/h6-10H,5,11H2,1-4H3. The van der Waals surface area contributed by atoms with E-state index in [1.165, 1.54) is 18.7 Å². The minimum Gasteiger partial charge on any atom is -0.468 e. The quantitative estimate of drug-likeness (QED) is 0.484. The number of carbonyl (C=O) groups excluding carboxylic acids is 1. The van der Waals surface area contributed by atoms with E-state index in [-0.39, 0.29) is 11.2 Å². The number of hydrogen-bond acceptors (Lipinski definition) is 5. The molecule has 0 bridgehead atoms. The first-order valence-corrected chi connectivity index (χ1v) is 9.24. The summed E-state index contributed by atoms with van der Waals surface area (Å²) in [5.74, 6) is -0.142. The second kappa shape index (κ2) is 6.77. The molecule has 9 heteroatoms. The van der Waals surface area contributed by atoms with Gasteiger partial charge in [0.1, 0.15) is 6.54 Å². The second-order valence-corrected chi connectivity index (χ2v) is 6.85. The number of methoxy groups -OCH3 is 1. The van der Waals surface area contributed by atoms with Gasteiger partial charge in [-0.25, -0.2) is 9.36 Å². The molecule has 0 aliphatic heterocycles. The lowest BCUT2D eigenvalue weighted by Crippen LogP contribution is -2.41. The molecule has 0 aliphatic carbocycles.